The zero-order valence-corrected chi connectivity index (χ0v) is 22.9. The highest BCUT2D eigenvalue weighted by atomic mass is 16.3. The molecule has 0 saturated heterocycles. The number of hydrogen-bond donors (Lipinski definition) is 1. The Kier molecular flexibility index (Phi) is 5.05. The number of para-hydroxylation sites is 3. The summed E-state index contributed by atoms with van der Waals surface area (Å²) in [6, 6.07) is 38.5. The number of furan rings is 1. The number of aliphatic imine (C=N–C) groups is 1. The average molecular weight is 542 g/mol. The minimum Gasteiger partial charge on any atom is -0.455 e. The summed E-state index contributed by atoms with van der Waals surface area (Å²) < 4.78 is 9.18. The van der Waals surface area contributed by atoms with Crippen molar-refractivity contribution in [3.05, 3.63) is 139 Å². The quantitative estimate of drug-likeness (QED) is 0.242. The molecule has 200 valence electrons. The summed E-state index contributed by atoms with van der Waals surface area (Å²) in [5.74, 6) is 0. The van der Waals surface area contributed by atoms with Crippen LogP contribution in [0.3, 0.4) is 0 Å². The highest BCUT2D eigenvalue weighted by molar-refractivity contribution is 6.24. The first-order chi connectivity index (χ1) is 20.8. The molecule has 4 nitrogen and oxygen atoms in total. The molecule has 0 spiro atoms. The fourth-order valence-electron chi connectivity index (χ4n) is 6.80. The standard InChI is InChI=1S/C38H27N3O/c1-3-12-24(13-4-1)26-18-11-19-27-28-22-23-33-34(37(28)42-36(26)27)30-17-8-10-21-32(30)41(33)38-39-31-20-9-7-16-29(31)35(40-38)25-14-5-2-6-15-25/h1-5,7-14,16-23,38-39H,6,15H2. The maximum Gasteiger partial charge on any atom is 0.201 e. The van der Waals surface area contributed by atoms with E-state index in [0.29, 0.717) is 0 Å². The van der Waals surface area contributed by atoms with E-state index >= 15 is 0 Å². The molecule has 1 atom stereocenters. The third kappa shape index (κ3) is 3.39. The van der Waals surface area contributed by atoms with Gasteiger partial charge in [-0.1, -0.05) is 103 Å². The second-order valence-corrected chi connectivity index (χ2v) is 11.1. The normalized spacial score (nSPS) is 16.5. The van der Waals surface area contributed by atoms with Gasteiger partial charge in [0.2, 0.25) is 6.29 Å². The fraction of sp³-hybridized carbons (Fsp3) is 0.0789. The van der Waals surface area contributed by atoms with Crippen molar-refractivity contribution in [1.82, 2.24) is 4.57 Å². The Labute approximate surface area is 242 Å². The number of nitrogens with one attached hydrogen (secondary N) is 1. The van der Waals surface area contributed by atoms with E-state index in [1.807, 2.05) is 6.07 Å². The van der Waals surface area contributed by atoms with Gasteiger partial charge in [-0.25, -0.2) is 4.99 Å². The van der Waals surface area contributed by atoms with Crippen molar-refractivity contribution in [2.45, 2.75) is 19.1 Å². The smallest absolute Gasteiger partial charge is 0.201 e. The van der Waals surface area contributed by atoms with Crippen molar-refractivity contribution in [3.63, 3.8) is 0 Å². The largest absolute Gasteiger partial charge is 0.455 e. The van der Waals surface area contributed by atoms with Crippen molar-refractivity contribution in [3.8, 4) is 11.1 Å². The molecular formula is C38H27N3O. The fourth-order valence-corrected chi connectivity index (χ4v) is 6.80. The first-order valence-electron chi connectivity index (χ1n) is 14.6. The second-order valence-electron chi connectivity index (χ2n) is 11.1. The van der Waals surface area contributed by atoms with Gasteiger partial charge in [-0.15, -0.1) is 0 Å². The molecule has 4 heteroatoms. The molecule has 1 unspecified atom stereocenters. The highest BCUT2D eigenvalue weighted by Gasteiger charge is 2.27. The average Bonchev–Trinajstić information content (AvgIpc) is 3.61. The van der Waals surface area contributed by atoms with E-state index in [1.54, 1.807) is 0 Å². The molecule has 42 heavy (non-hydrogen) atoms. The van der Waals surface area contributed by atoms with Crippen LogP contribution in [0.15, 0.2) is 142 Å². The Hall–Kier alpha value is -5.35. The Morgan fingerprint density at radius 2 is 1.48 bits per heavy atom. The third-order valence-corrected chi connectivity index (χ3v) is 8.70. The van der Waals surface area contributed by atoms with Gasteiger partial charge in [-0.2, -0.15) is 0 Å². The van der Waals surface area contributed by atoms with E-state index in [0.717, 1.165) is 84.7 Å². The van der Waals surface area contributed by atoms with Crippen molar-refractivity contribution in [2.24, 2.45) is 4.99 Å². The van der Waals surface area contributed by atoms with Gasteiger partial charge in [-0.05, 0) is 48.2 Å². The van der Waals surface area contributed by atoms with Crippen LogP contribution in [0, 0.1) is 0 Å². The van der Waals surface area contributed by atoms with Gasteiger partial charge in [0.25, 0.3) is 0 Å². The minimum absolute atomic E-state index is 0.300. The van der Waals surface area contributed by atoms with E-state index < -0.39 is 0 Å². The van der Waals surface area contributed by atoms with E-state index in [2.05, 4.69) is 131 Å². The molecular weight excluding hydrogens is 514 g/mol. The number of benzene rings is 5. The molecule has 9 rings (SSSR count). The SMILES string of the molecule is C1=CCCC(C2=NC(n3c4ccccc4c4c5oc6c(-c7ccccc7)cccc6c5ccc43)Nc3ccccc32)=C1. The van der Waals surface area contributed by atoms with Gasteiger partial charge in [0.1, 0.15) is 11.2 Å². The Balaban J connectivity index is 1.32. The summed E-state index contributed by atoms with van der Waals surface area (Å²) in [5, 5.41) is 8.30. The topological polar surface area (TPSA) is 42.5 Å². The molecule has 0 saturated carbocycles. The number of aromatic nitrogens is 1. The van der Waals surface area contributed by atoms with Crippen molar-refractivity contribution in [1.29, 1.82) is 0 Å². The summed E-state index contributed by atoms with van der Waals surface area (Å²) in [6.07, 6.45) is 8.33. The number of rotatable bonds is 3. The molecule has 0 bridgehead atoms. The number of allylic oxidation sites excluding steroid dienone is 4. The lowest BCUT2D eigenvalue weighted by atomic mass is 9.93. The van der Waals surface area contributed by atoms with Crippen LogP contribution in [0.5, 0.6) is 0 Å². The molecule has 1 aliphatic carbocycles. The molecule has 0 amide bonds. The molecule has 0 radical (unpaired) electrons. The monoisotopic (exact) mass is 541 g/mol. The minimum atomic E-state index is -0.300. The maximum atomic E-state index is 6.85. The zero-order chi connectivity index (χ0) is 27.6. The number of nitrogens with zero attached hydrogens (tertiary/aromatic N) is 2. The van der Waals surface area contributed by atoms with Gasteiger partial charge in [0.15, 0.2) is 0 Å². The van der Waals surface area contributed by atoms with Gasteiger partial charge >= 0.3 is 0 Å². The van der Waals surface area contributed by atoms with E-state index in [1.165, 1.54) is 5.57 Å². The lowest BCUT2D eigenvalue weighted by Gasteiger charge is -2.29. The molecule has 3 heterocycles. The lowest BCUT2D eigenvalue weighted by molar-refractivity contribution is 0.623. The lowest BCUT2D eigenvalue weighted by Crippen LogP contribution is -2.25. The molecule has 0 fully saturated rings. The van der Waals surface area contributed by atoms with Crippen LogP contribution >= 0.6 is 0 Å². The van der Waals surface area contributed by atoms with Crippen LogP contribution < -0.4 is 5.32 Å². The zero-order valence-electron chi connectivity index (χ0n) is 22.9. The molecule has 1 N–H and O–H groups in total. The number of fused-ring (bicyclic) bond motifs is 8. The highest BCUT2D eigenvalue weighted by Crippen LogP contribution is 2.43. The van der Waals surface area contributed by atoms with Crippen LogP contribution in [0.1, 0.15) is 24.7 Å². The van der Waals surface area contributed by atoms with Gasteiger partial charge in [0, 0.05) is 33.0 Å². The van der Waals surface area contributed by atoms with Gasteiger partial charge < -0.3 is 14.3 Å². The molecule has 1 aliphatic heterocycles. The van der Waals surface area contributed by atoms with Crippen LogP contribution in [-0.4, -0.2) is 10.3 Å². The maximum absolute atomic E-state index is 6.85. The molecule has 7 aromatic rings. The first-order valence-corrected chi connectivity index (χ1v) is 14.6. The summed E-state index contributed by atoms with van der Waals surface area (Å²) >= 11 is 0. The number of anilines is 1. The Morgan fingerprint density at radius 3 is 2.38 bits per heavy atom. The molecule has 2 aliphatic rings. The summed E-state index contributed by atoms with van der Waals surface area (Å²) in [5.41, 5.74) is 10.9. The second kappa shape index (κ2) is 9.08. The van der Waals surface area contributed by atoms with Crippen LogP contribution in [-0.2, 0) is 0 Å². The third-order valence-electron chi connectivity index (χ3n) is 8.70. The van der Waals surface area contributed by atoms with Crippen LogP contribution in [0.2, 0.25) is 0 Å². The number of hydrogen-bond acceptors (Lipinski definition) is 3. The summed E-state index contributed by atoms with van der Waals surface area (Å²) in [6.45, 7) is 0. The van der Waals surface area contributed by atoms with Crippen molar-refractivity contribution < 1.29 is 4.42 Å². The Bertz CT molecular complexity index is 2280. The summed E-state index contributed by atoms with van der Waals surface area (Å²) in [4.78, 5) is 5.40. The molecule has 2 aromatic heterocycles. The van der Waals surface area contributed by atoms with Crippen LogP contribution in [0.25, 0.3) is 54.9 Å². The van der Waals surface area contributed by atoms with E-state index in [4.69, 9.17) is 9.41 Å². The molecule has 5 aromatic carbocycles. The van der Waals surface area contributed by atoms with Gasteiger partial charge in [0.05, 0.1) is 22.1 Å². The van der Waals surface area contributed by atoms with Gasteiger partial charge in [-0.3, -0.25) is 0 Å². The van der Waals surface area contributed by atoms with E-state index in [9.17, 15) is 0 Å². The van der Waals surface area contributed by atoms with Crippen molar-refractivity contribution in [2.75, 3.05) is 5.32 Å². The van der Waals surface area contributed by atoms with Crippen LogP contribution in [0.4, 0.5) is 5.69 Å². The van der Waals surface area contributed by atoms with E-state index in [-0.39, 0.29) is 6.29 Å². The predicted molar refractivity (Wildman–Crippen MR) is 174 cm³/mol. The predicted octanol–water partition coefficient (Wildman–Crippen LogP) is 10.0. The Morgan fingerprint density at radius 1 is 0.690 bits per heavy atom. The first kappa shape index (κ1) is 23.4. The summed E-state index contributed by atoms with van der Waals surface area (Å²) in [7, 11) is 0. The van der Waals surface area contributed by atoms with Crippen molar-refractivity contribution >= 4 is 55.1 Å².